The Labute approximate surface area is 190 Å². The number of hydrogen-bond donors (Lipinski definition) is 1. The zero-order chi connectivity index (χ0) is 23.5. The molecule has 0 unspecified atom stereocenters. The zero-order valence-electron chi connectivity index (χ0n) is 19.6. The number of nitrogens with zero attached hydrogens (tertiary/aromatic N) is 1. The predicted octanol–water partition coefficient (Wildman–Crippen LogP) is 4.50. The molecule has 1 N–H and O–H groups in total. The Hall–Kier alpha value is -2.89. The zero-order valence-corrected chi connectivity index (χ0v) is 19.6. The third-order valence-corrected chi connectivity index (χ3v) is 5.51. The summed E-state index contributed by atoms with van der Waals surface area (Å²) in [5, 5.41) is 2.84. The lowest BCUT2D eigenvalue weighted by atomic mass is 9.85. The number of halogens is 1. The van der Waals surface area contributed by atoms with E-state index in [-0.39, 0.29) is 30.3 Å². The first kappa shape index (κ1) is 23.8. The molecule has 0 saturated heterocycles. The van der Waals surface area contributed by atoms with Crippen molar-refractivity contribution in [3.63, 3.8) is 0 Å². The van der Waals surface area contributed by atoms with Gasteiger partial charge in [-0.2, -0.15) is 0 Å². The van der Waals surface area contributed by atoms with Crippen molar-refractivity contribution in [2.24, 2.45) is 11.3 Å². The fourth-order valence-corrected chi connectivity index (χ4v) is 3.85. The molecule has 0 bridgehead atoms. The molecular weight excluding hydrogens is 407 g/mol. The first-order valence-corrected chi connectivity index (χ1v) is 11.1. The molecule has 172 valence electrons. The number of fused-ring (bicyclic) bond motifs is 1. The minimum absolute atomic E-state index is 0.0388. The first-order chi connectivity index (χ1) is 15.1. The summed E-state index contributed by atoms with van der Waals surface area (Å²) in [6, 6.07) is 11.7. The second-order valence-electron chi connectivity index (χ2n) is 9.80. The van der Waals surface area contributed by atoms with Crippen molar-refractivity contribution in [2.45, 2.75) is 47.1 Å². The molecule has 0 fully saturated rings. The highest BCUT2D eigenvalue weighted by Gasteiger charge is 2.37. The Morgan fingerprint density at radius 1 is 1.16 bits per heavy atom. The van der Waals surface area contributed by atoms with E-state index in [1.165, 1.54) is 12.1 Å². The topological polar surface area (TPSA) is 58.6 Å². The Morgan fingerprint density at radius 2 is 1.84 bits per heavy atom. The highest BCUT2D eigenvalue weighted by atomic mass is 19.1. The number of hydrogen-bond acceptors (Lipinski definition) is 3. The average Bonchev–Trinajstić information content (AvgIpc) is 2.74. The molecule has 0 saturated carbocycles. The van der Waals surface area contributed by atoms with Gasteiger partial charge in [0.2, 0.25) is 5.91 Å². The lowest BCUT2D eigenvalue weighted by Crippen LogP contribution is -2.45. The summed E-state index contributed by atoms with van der Waals surface area (Å²) in [4.78, 5) is 27.2. The van der Waals surface area contributed by atoms with Crippen molar-refractivity contribution in [1.82, 2.24) is 10.2 Å². The van der Waals surface area contributed by atoms with E-state index in [2.05, 4.69) is 5.32 Å². The number of carbonyl (C=O) groups excluding carboxylic acids is 2. The quantitative estimate of drug-likeness (QED) is 0.720. The highest BCUT2D eigenvalue weighted by Crippen LogP contribution is 2.39. The average molecular weight is 441 g/mol. The van der Waals surface area contributed by atoms with E-state index >= 15 is 0 Å². The molecule has 32 heavy (non-hydrogen) atoms. The van der Waals surface area contributed by atoms with Crippen LogP contribution in [0, 0.1) is 17.2 Å². The largest absolute Gasteiger partial charge is 0.484 e. The Morgan fingerprint density at radius 3 is 2.47 bits per heavy atom. The molecule has 2 aromatic rings. The van der Waals surface area contributed by atoms with Crippen molar-refractivity contribution in [1.29, 1.82) is 0 Å². The summed E-state index contributed by atoms with van der Waals surface area (Å²) in [5.41, 5.74) is 2.37. The molecule has 0 aromatic heterocycles. The number of amides is 2. The van der Waals surface area contributed by atoms with Gasteiger partial charge in [0.25, 0.3) is 5.91 Å². The number of benzene rings is 2. The lowest BCUT2D eigenvalue weighted by molar-refractivity contribution is -0.141. The van der Waals surface area contributed by atoms with Crippen LogP contribution in [0.2, 0.25) is 0 Å². The van der Waals surface area contributed by atoms with Gasteiger partial charge in [0, 0.05) is 18.5 Å². The molecule has 2 aromatic carbocycles. The van der Waals surface area contributed by atoms with Gasteiger partial charge < -0.3 is 15.0 Å². The van der Waals surface area contributed by atoms with Gasteiger partial charge in [-0.1, -0.05) is 52.8 Å². The number of carbonyl (C=O) groups is 2. The number of ether oxygens (including phenoxy) is 1. The van der Waals surface area contributed by atoms with Crippen molar-refractivity contribution < 1.29 is 18.7 Å². The van der Waals surface area contributed by atoms with Crippen LogP contribution in [0.3, 0.4) is 0 Å². The number of nitrogens with one attached hydrogen (secondary N) is 1. The standard InChI is InChI=1S/C26H33FN2O3/c1-17(2)15-28-23(30)16-32-21-11-8-18-12-13-29(25(31)26(3,4)5)24(22(18)14-21)19-6-9-20(27)10-7-19/h6-11,14,17,24H,12-13,15-16H2,1-5H3,(H,28,30)/t24-/m1/s1. The Balaban J connectivity index is 1.91. The molecule has 3 rings (SSSR count). The van der Waals surface area contributed by atoms with E-state index in [9.17, 15) is 14.0 Å². The van der Waals surface area contributed by atoms with E-state index in [4.69, 9.17) is 4.74 Å². The molecule has 6 heteroatoms. The maximum Gasteiger partial charge on any atom is 0.257 e. The molecule has 2 amide bonds. The molecule has 0 radical (unpaired) electrons. The van der Waals surface area contributed by atoms with Gasteiger partial charge in [-0.05, 0) is 53.3 Å². The summed E-state index contributed by atoms with van der Waals surface area (Å²) < 4.78 is 19.4. The van der Waals surface area contributed by atoms with Crippen LogP contribution >= 0.6 is 0 Å². The van der Waals surface area contributed by atoms with Crippen molar-refractivity contribution >= 4 is 11.8 Å². The van der Waals surface area contributed by atoms with E-state index in [1.54, 1.807) is 12.1 Å². The second kappa shape index (κ2) is 9.72. The first-order valence-electron chi connectivity index (χ1n) is 11.1. The minimum atomic E-state index is -0.543. The van der Waals surface area contributed by atoms with E-state index < -0.39 is 5.41 Å². The SMILES string of the molecule is CC(C)CNC(=O)COc1ccc2c(c1)[C@@H](c1ccc(F)cc1)N(C(=O)C(C)(C)C)CC2. The van der Waals surface area contributed by atoms with Crippen molar-refractivity contribution in [2.75, 3.05) is 19.7 Å². The van der Waals surface area contributed by atoms with E-state index in [0.29, 0.717) is 24.8 Å². The van der Waals surface area contributed by atoms with Gasteiger partial charge in [0.05, 0.1) is 6.04 Å². The minimum Gasteiger partial charge on any atom is -0.484 e. The molecule has 0 aliphatic carbocycles. The predicted molar refractivity (Wildman–Crippen MR) is 123 cm³/mol. The third kappa shape index (κ3) is 5.67. The second-order valence-corrected chi connectivity index (χ2v) is 9.80. The summed E-state index contributed by atoms with van der Waals surface area (Å²) in [6.45, 7) is 10.9. The molecule has 0 spiro atoms. The fourth-order valence-electron chi connectivity index (χ4n) is 3.85. The summed E-state index contributed by atoms with van der Waals surface area (Å²) in [6.07, 6.45) is 0.726. The van der Waals surface area contributed by atoms with Crippen LogP contribution in [-0.2, 0) is 16.0 Å². The van der Waals surface area contributed by atoms with Crippen LogP contribution in [0.25, 0.3) is 0 Å². The third-order valence-electron chi connectivity index (χ3n) is 5.51. The Kier molecular flexibility index (Phi) is 7.22. The summed E-state index contributed by atoms with van der Waals surface area (Å²) >= 11 is 0. The molecule has 5 nitrogen and oxygen atoms in total. The van der Waals surface area contributed by atoms with Crippen LogP contribution in [0.1, 0.15) is 57.4 Å². The monoisotopic (exact) mass is 440 g/mol. The van der Waals surface area contributed by atoms with Crippen LogP contribution in [0.5, 0.6) is 5.75 Å². The maximum absolute atomic E-state index is 13.6. The van der Waals surface area contributed by atoms with Gasteiger partial charge in [-0.3, -0.25) is 9.59 Å². The van der Waals surface area contributed by atoms with E-state index in [0.717, 1.165) is 23.1 Å². The molecular formula is C26H33FN2O3. The molecule has 1 aliphatic heterocycles. The summed E-state index contributed by atoms with van der Waals surface area (Å²) in [5.74, 6) is 0.488. The van der Waals surface area contributed by atoms with Crippen LogP contribution in [-0.4, -0.2) is 36.4 Å². The van der Waals surface area contributed by atoms with Gasteiger partial charge in [-0.25, -0.2) is 4.39 Å². The van der Waals surface area contributed by atoms with Crippen LogP contribution in [0.4, 0.5) is 4.39 Å². The van der Waals surface area contributed by atoms with Gasteiger partial charge in [0.1, 0.15) is 11.6 Å². The lowest BCUT2D eigenvalue weighted by Gasteiger charge is -2.41. The van der Waals surface area contributed by atoms with Crippen LogP contribution in [0.15, 0.2) is 42.5 Å². The maximum atomic E-state index is 13.6. The highest BCUT2D eigenvalue weighted by molar-refractivity contribution is 5.83. The number of rotatable bonds is 6. The van der Waals surface area contributed by atoms with E-state index in [1.807, 2.05) is 57.7 Å². The van der Waals surface area contributed by atoms with Crippen LogP contribution < -0.4 is 10.1 Å². The van der Waals surface area contributed by atoms with Crippen molar-refractivity contribution in [3.05, 3.63) is 65.0 Å². The normalized spacial score (nSPS) is 16.0. The van der Waals surface area contributed by atoms with Gasteiger partial charge in [-0.15, -0.1) is 0 Å². The van der Waals surface area contributed by atoms with Crippen molar-refractivity contribution in [3.8, 4) is 5.75 Å². The molecule has 1 atom stereocenters. The fraction of sp³-hybridized carbons (Fsp3) is 0.462. The summed E-state index contributed by atoms with van der Waals surface area (Å²) in [7, 11) is 0. The van der Waals surface area contributed by atoms with Gasteiger partial charge in [0.15, 0.2) is 6.61 Å². The smallest absolute Gasteiger partial charge is 0.257 e. The van der Waals surface area contributed by atoms with Gasteiger partial charge >= 0.3 is 0 Å². The molecule has 1 heterocycles. The molecule has 1 aliphatic rings. The Bertz CT molecular complexity index is 964.